The van der Waals surface area contributed by atoms with Crippen LogP contribution in [0.3, 0.4) is 0 Å². The lowest BCUT2D eigenvalue weighted by Crippen LogP contribution is -2.36. The first-order chi connectivity index (χ1) is 15.4. The SMILES string of the molecule is CCN(C(=O)COC(=O)CC(NC(N)=O)c1ccccc1Cl)c1cccc2ccccc12. The van der Waals surface area contributed by atoms with E-state index in [1.165, 1.54) is 0 Å². The second-order valence-corrected chi connectivity index (χ2v) is 7.49. The van der Waals surface area contributed by atoms with E-state index in [1.807, 2.05) is 49.4 Å². The van der Waals surface area contributed by atoms with Gasteiger partial charge in [-0.3, -0.25) is 9.59 Å². The number of halogens is 1. The standard InChI is InChI=1S/C24H24ClN3O4/c1-2-28(21-13-7-9-16-8-3-4-10-17(16)21)22(29)15-32-23(30)14-20(27-24(26)31)18-11-5-6-12-19(18)25/h3-13,20H,2,14-15H2,1H3,(H3,26,27,31). The molecule has 0 bridgehead atoms. The quantitative estimate of drug-likeness (QED) is 0.499. The summed E-state index contributed by atoms with van der Waals surface area (Å²) in [7, 11) is 0. The molecule has 0 saturated carbocycles. The predicted octanol–water partition coefficient (Wildman–Crippen LogP) is 4.19. The first-order valence-corrected chi connectivity index (χ1v) is 10.5. The molecule has 7 nitrogen and oxygen atoms in total. The molecule has 3 N–H and O–H groups in total. The van der Waals surface area contributed by atoms with Crippen LogP contribution in [-0.2, 0) is 14.3 Å². The summed E-state index contributed by atoms with van der Waals surface area (Å²) in [6.45, 7) is 1.84. The second-order valence-electron chi connectivity index (χ2n) is 7.08. The van der Waals surface area contributed by atoms with Crippen LogP contribution in [0.5, 0.6) is 0 Å². The number of likely N-dealkylation sites (N-methyl/N-ethyl adjacent to an activating group) is 1. The van der Waals surface area contributed by atoms with E-state index in [0.29, 0.717) is 17.1 Å². The van der Waals surface area contributed by atoms with Gasteiger partial charge in [-0.25, -0.2) is 4.79 Å². The van der Waals surface area contributed by atoms with Gasteiger partial charge in [0.05, 0.1) is 18.2 Å². The van der Waals surface area contributed by atoms with Crippen molar-refractivity contribution in [2.75, 3.05) is 18.1 Å². The molecule has 32 heavy (non-hydrogen) atoms. The third-order valence-electron chi connectivity index (χ3n) is 5.00. The lowest BCUT2D eigenvalue weighted by molar-refractivity contribution is -0.148. The summed E-state index contributed by atoms with van der Waals surface area (Å²) in [6, 6.07) is 18.7. The van der Waals surface area contributed by atoms with Crippen LogP contribution in [0.2, 0.25) is 5.02 Å². The Balaban J connectivity index is 1.69. The average Bonchev–Trinajstić information content (AvgIpc) is 2.78. The van der Waals surface area contributed by atoms with E-state index in [-0.39, 0.29) is 12.3 Å². The zero-order valence-electron chi connectivity index (χ0n) is 17.6. The maximum absolute atomic E-state index is 12.8. The molecule has 3 aromatic carbocycles. The molecule has 0 aliphatic rings. The van der Waals surface area contributed by atoms with E-state index in [0.717, 1.165) is 16.5 Å². The molecule has 3 aromatic rings. The van der Waals surface area contributed by atoms with E-state index in [4.69, 9.17) is 22.1 Å². The molecule has 0 aliphatic heterocycles. The third kappa shape index (κ3) is 5.56. The minimum Gasteiger partial charge on any atom is -0.455 e. The van der Waals surface area contributed by atoms with Gasteiger partial charge in [0.25, 0.3) is 5.91 Å². The van der Waals surface area contributed by atoms with Crippen molar-refractivity contribution in [2.24, 2.45) is 5.73 Å². The zero-order chi connectivity index (χ0) is 23.1. The van der Waals surface area contributed by atoms with Gasteiger partial charge in [-0.15, -0.1) is 0 Å². The molecule has 0 heterocycles. The normalized spacial score (nSPS) is 11.6. The van der Waals surface area contributed by atoms with Crippen molar-refractivity contribution < 1.29 is 19.1 Å². The lowest BCUT2D eigenvalue weighted by atomic mass is 10.0. The Morgan fingerprint density at radius 1 is 1.03 bits per heavy atom. The van der Waals surface area contributed by atoms with Gasteiger partial charge in [-0.05, 0) is 30.0 Å². The second kappa shape index (κ2) is 10.6. The number of ether oxygens (including phenoxy) is 1. The highest BCUT2D eigenvalue weighted by Crippen LogP contribution is 2.27. The number of carbonyl (C=O) groups is 3. The summed E-state index contributed by atoms with van der Waals surface area (Å²) >= 11 is 6.18. The monoisotopic (exact) mass is 453 g/mol. The highest BCUT2D eigenvalue weighted by atomic mass is 35.5. The van der Waals surface area contributed by atoms with Crippen LogP contribution < -0.4 is 16.0 Å². The Kier molecular flexibility index (Phi) is 7.68. The number of nitrogens with two attached hydrogens (primary N) is 1. The van der Waals surface area contributed by atoms with Crippen LogP contribution in [0.1, 0.15) is 24.9 Å². The fourth-order valence-electron chi connectivity index (χ4n) is 3.54. The molecule has 1 atom stereocenters. The molecule has 0 spiro atoms. The van der Waals surface area contributed by atoms with Gasteiger partial charge in [0.2, 0.25) is 0 Å². The zero-order valence-corrected chi connectivity index (χ0v) is 18.3. The van der Waals surface area contributed by atoms with Gasteiger partial charge in [-0.2, -0.15) is 0 Å². The number of benzene rings is 3. The van der Waals surface area contributed by atoms with Crippen molar-refractivity contribution in [3.63, 3.8) is 0 Å². The number of nitrogens with one attached hydrogen (secondary N) is 1. The number of fused-ring (bicyclic) bond motifs is 1. The fraction of sp³-hybridized carbons (Fsp3) is 0.208. The van der Waals surface area contributed by atoms with Crippen LogP contribution in [-0.4, -0.2) is 31.1 Å². The summed E-state index contributed by atoms with van der Waals surface area (Å²) in [5.41, 5.74) is 6.52. The molecule has 1 unspecified atom stereocenters. The number of urea groups is 1. The number of hydrogen-bond acceptors (Lipinski definition) is 4. The van der Waals surface area contributed by atoms with Crippen molar-refractivity contribution >= 4 is 46.0 Å². The smallest absolute Gasteiger partial charge is 0.312 e. The Hall–Kier alpha value is -3.58. The fourth-order valence-corrected chi connectivity index (χ4v) is 3.81. The number of amides is 3. The summed E-state index contributed by atoms with van der Waals surface area (Å²) in [6.07, 6.45) is -0.222. The number of hydrogen-bond donors (Lipinski definition) is 2. The van der Waals surface area contributed by atoms with Gasteiger partial charge >= 0.3 is 12.0 Å². The largest absolute Gasteiger partial charge is 0.455 e. The molecule has 0 fully saturated rings. The van der Waals surface area contributed by atoms with Gasteiger partial charge in [0.1, 0.15) is 0 Å². The number of esters is 1. The number of anilines is 1. The maximum atomic E-state index is 12.8. The summed E-state index contributed by atoms with van der Waals surface area (Å²) < 4.78 is 5.23. The average molecular weight is 454 g/mol. The Bertz CT molecular complexity index is 1130. The summed E-state index contributed by atoms with van der Waals surface area (Å²) in [4.78, 5) is 38.3. The lowest BCUT2D eigenvalue weighted by Gasteiger charge is -2.23. The number of rotatable bonds is 8. The molecular formula is C24H24ClN3O4. The van der Waals surface area contributed by atoms with Gasteiger partial charge in [0.15, 0.2) is 6.61 Å². The van der Waals surface area contributed by atoms with Crippen LogP contribution in [0.4, 0.5) is 10.5 Å². The highest BCUT2D eigenvalue weighted by molar-refractivity contribution is 6.31. The molecule has 166 valence electrons. The van der Waals surface area contributed by atoms with E-state index < -0.39 is 24.6 Å². The van der Waals surface area contributed by atoms with Gasteiger partial charge < -0.3 is 20.7 Å². The van der Waals surface area contributed by atoms with Crippen molar-refractivity contribution in [1.29, 1.82) is 0 Å². The first kappa shape index (κ1) is 23.1. The molecule has 0 radical (unpaired) electrons. The van der Waals surface area contributed by atoms with E-state index in [9.17, 15) is 14.4 Å². The van der Waals surface area contributed by atoms with Gasteiger partial charge in [-0.1, -0.05) is 66.2 Å². The molecular weight excluding hydrogens is 430 g/mol. The number of carbonyl (C=O) groups excluding carboxylic acids is 3. The van der Waals surface area contributed by atoms with E-state index in [1.54, 1.807) is 29.2 Å². The maximum Gasteiger partial charge on any atom is 0.312 e. The van der Waals surface area contributed by atoms with E-state index in [2.05, 4.69) is 5.32 Å². The Morgan fingerprint density at radius 2 is 1.72 bits per heavy atom. The molecule has 8 heteroatoms. The van der Waals surface area contributed by atoms with Gasteiger partial charge in [0, 0.05) is 17.0 Å². The predicted molar refractivity (Wildman–Crippen MR) is 124 cm³/mol. The number of nitrogens with zero attached hydrogens (tertiary/aromatic N) is 1. The van der Waals surface area contributed by atoms with Crippen molar-refractivity contribution in [3.05, 3.63) is 77.3 Å². The molecule has 3 rings (SSSR count). The summed E-state index contributed by atoms with van der Waals surface area (Å²) in [5.74, 6) is -1.01. The number of primary amides is 1. The van der Waals surface area contributed by atoms with E-state index >= 15 is 0 Å². The molecule has 3 amide bonds. The van der Waals surface area contributed by atoms with Crippen LogP contribution in [0.15, 0.2) is 66.7 Å². The molecule has 0 aliphatic carbocycles. The first-order valence-electron chi connectivity index (χ1n) is 10.1. The highest BCUT2D eigenvalue weighted by Gasteiger charge is 2.23. The van der Waals surface area contributed by atoms with Crippen molar-refractivity contribution in [3.8, 4) is 0 Å². The van der Waals surface area contributed by atoms with Crippen LogP contribution in [0.25, 0.3) is 10.8 Å². The van der Waals surface area contributed by atoms with Crippen LogP contribution in [0, 0.1) is 0 Å². The third-order valence-corrected chi connectivity index (χ3v) is 5.34. The topological polar surface area (TPSA) is 102 Å². The molecule has 0 aromatic heterocycles. The Morgan fingerprint density at radius 3 is 2.44 bits per heavy atom. The van der Waals surface area contributed by atoms with Crippen LogP contribution >= 0.6 is 11.6 Å². The van der Waals surface area contributed by atoms with Crippen molar-refractivity contribution in [2.45, 2.75) is 19.4 Å². The van der Waals surface area contributed by atoms with Crippen molar-refractivity contribution in [1.82, 2.24) is 5.32 Å². The minimum atomic E-state index is -0.799. The minimum absolute atomic E-state index is 0.222. The molecule has 0 saturated heterocycles. The summed E-state index contributed by atoms with van der Waals surface area (Å²) in [5, 5.41) is 4.81. The Labute approximate surface area is 191 Å².